The zero-order chi connectivity index (χ0) is 14.5. The summed E-state index contributed by atoms with van der Waals surface area (Å²) in [5.41, 5.74) is 2.87. The molecule has 0 saturated carbocycles. The largest absolute Gasteiger partial charge is 0.298 e. The summed E-state index contributed by atoms with van der Waals surface area (Å²) in [5.74, 6) is 0.178. The first-order chi connectivity index (χ1) is 8.86. The van der Waals surface area contributed by atoms with E-state index in [1.54, 1.807) is 13.0 Å². The van der Waals surface area contributed by atoms with Crippen LogP contribution >= 0.6 is 0 Å². The fourth-order valence-corrected chi connectivity index (χ4v) is 3.88. The number of allylic oxidation sites excluding steroid dienone is 4. The van der Waals surface area contributed by atoms with Crippen molar-refractivity contribution in [1.82, 2.24) is 0 Å². The van der Waals surface area contributed by atoms with Gasteiger partial charge in [-0.3, -0.25) is 4.79 Å². The van der Waals surface area contributed by atoms with Crippen molar-refractivity contribution in [2.45, 2.75) is 45.3 Å². The Morgan fingerprint density at radius 1 is 1.37 bits per heavy atom. The van der Waals surface area contributed by atoms with Crippen LogP contribution in [-0.4, -0.2) is 25.7 Å². The smallest absolute Gasteiger partial charge is 0.160 e. The molecule has 0 fully saturated rings. The second-order valence-corrected chi connectivity index (χ2v) is 7.39. The van der Waals surface area contributed by atoms with Crippen molar-refractivity contribution < 1.29 is 13.2 Å². The molecule has 0 radical (unpaired) electrons. The van der Waals surface area contributed by atoms with E-state index >= 15 is 0 Å². The van der Waals surface area contributed by atoms with Crippen LogP contribution < -0.4 is 0 Å². The molecular formula is C15H22O3S. The van der Waals surface area contributed by atoms with Gasteiger partial charge in [-0.15, -0.1) is 0 Å². The summed E-state index contributed by atoms with van der Waals surface area (Å²) >= 11 is 0. The normalized spacial score (nSPS) is 23.3. The van der Waals surface area contributed by atoms with Gasteiger partial charge in [0.2, 0.25) is 0 Å². The van der Waals surface area contributed by atoms with E-state index in [2.05, 4.69) is 0 Å². The molecule has 4 heteroatoms. The Balaban J connectivity index is 2.52. The van der Waals surface area contributed by atoms with Gasteiger partial charge in [0.05, 0.1) is 11.0 Å². The Hall–Kier alpha value is -1.16. The van der Waals surface area contributed by atoms with Crippen molar-refractivity contribution in [3.8, 4) is 0 Å². The maximum atomic E-state index is 11.8. The number of rotatable bonds is 6. The second kappa shape index (κ2) is 6.85. The fourth-order valence-electron chi connectivity index (χ4n) is 2.10. The number of carbonyl (C=O) groups excluding carboxylic acids is 1. The summed E-state index contributed by atoms with van der Waals surface area (Å²) in [6.07, 6.45) is 8.81. The van der Waals surface area contributed by atoms with Crippen LogP contribution in [0, 0.1) is 0 Å². The first-order valence-electron chi connectivity index (χ1n) is 6.52. The summed E-state index contributed by atoms with van der Waals surface area (Å²) in [5, 5.41) is -0.338. The summed E-state index contributed by atoms with van der Waals surface area (Å²) in [4.78, 5) is 10.4. The summed E-state index contributed by atoms with van der Waals surface area (Å²) < 4.78 is 23.6. The fraction of sp³-hybridized carbons (Fsp3) is 0.533. The van der Waals surface area contributed by atoms with Gasteiger partial charge < -0.3 is 0 Å². The maximum absolute atomic E-state index is 11.8. The average Bonchev–Trinajstić information content (AvgIpc) is 2.61. The molecule has 0 aromatic carbocycles. The highest BCUT2D eigenvalue weighted by atomic mass is 32.2. The standard InChI is InChI=1S/C15H22O3S/c1-12(5-4-6-13(2)11-16)7-8-15-14(3)9-10-19(15,17)18/h6-7,9,11,15H,4-5,8,10H2,1-3H3/b12-7+,13-6+. The van der Waals surface area contributed by atoms with Crippen LogP contribution in [0.15, 0.2) is 34.9 Å². The lowest BCUT2D eigenvalue weighted by molar-refractivity contribution is -0.104. The molecule has 19 heavy (non-hydrogen) atoms. The van der Waals surface area contributed by atoms with Crippen molar-refractivity contribution in [3.63, 3.8) is 0 Å². The SMILES string of the molecule is CC1=CCS(=O)(=O)C1C/C=C(\C)CC/C=C(\C)C=O. The quantitative estimate of drug-likeness (QED) is 0.427. The first kappa shape index (κ1) is 15.9. The zero-order valence-corrected chi connectivity index (χ0v) is 12.7. The Morgan fingerprint density at radius 2 is 2.05 bits per heavy atom. The van der Waals surface area contributed by atoms with Gasteiger partial charge in [-0.1, -0.05) is 29.4 Å². The minimum Gasteiger partial charge on any atom is -0.298 e. The molecule has 0 aromatic rings. The van der Waals surface area contributed by atoms with Crippen molar-refractivity contribution >= 4 is 16.1 Å². The van der Waals surface area contributed by atoms with Gasteiger partial charge in [0.15, 0.2) is 9.84 Å². The van der Waals surface area contributed by atoms with E-state index < -0.39 is 9.84 Å². The molecule has 1 unspecified atom stereocenters. The average molecular weight is 282 g/mol. The van der Waals surface area contributed by atoms with E-state index in [-0.39, 0.29) is 11.0 Å². The van der Waals surface area contributed by atoms with Gasteiger partial charge in [0, 0.05) is 0 Å². The number of aldehydes is 1. The van der Waals surface area contributed by atoms with E-state index in [9.17, 15) is 13.2 Å². The van der Waals surface area contributed by atoms with E-state index in [0.717, 1.165) is 30.3 Å². The van der Waals surface area contributed by atoms with Gasteiger partial charge in [-0.05, 0) is 45.6 Å². The monoisotopic (exact) mass is 282 g/mol. The minimum absolute atomic E-state index is 0.178. The molecule has 1 atom stereocenters. The van der Waals surface area contributed by atoms with E-state index in [1.807, 2.05) is 26.0 Å². The van der Waals surface area contributed by atoms with E-state index in [1.165, 1.54) is 5.57 Å². The van der Waals surface area contributed by atoms with Gasteiger partial charge in [0.1, 0.15) is 6.29 Å². The van der Waals surface area contributed by atoms with Crippen molar-refractivity contribution in [1.29, 1.82) is 0 Å². The van der Waals surface area contributed by atoms with E-state index in [4.69, 9.17) is 0 Å². The maximum Gasteiger partial charge on any atom is 0.160 e. The van der Waals surface area contributed by atoms with Crippen molar-refractivity contribution in [2.24, 2.45) is 0 Å². The lowest BCUT2D eigenvalue weighted by Crippen LogP contribution is -2.18. The molecule has 1 aliphatic heterocycles. The number of sulfone groups is 1. The Labute approximate surface area is 116 Å². The van der Waals surface area contributed by atoms with Crippen LogP contribution in [0.3, 0.4) is 0 Å². The zero-order valence-electron chi connectivity index (χ0n) is 11.8. The Kier molecular flexibility index (Phi) is 5.73. The van der Waals surface area contributed by atoms with Crippen LogP contribution in [0.5, 0.6) is 0 Å². The van der Waals surface area contributed by atoms with Crippen LogP contribution in [0.4, 0.5) is 0 Å². The molecule has 0 spiro atoms. The third-order valence-electron chi connectivity index (χ3n) is 3.45. The molecule has 0 amide bonds. The molecule has 1 heterocycles. The van der Waals surface area contributed by atoms with Crippen LogP contribution in [0.1, 0.15) is 40.0 Å². The molecule has 3 nitrogen and oxygen atoms in total. The van der Waals surface area contributed by atoms with Gasteiger partial charge in [0.25, 0.3) is 0 Å². The molecule has 1 aliphatic rings. The Morgan fingerprint density at radius 3 is 2.58 bits per heavy atom. The third-order valence-corrected chi connectivity index (χ3v) is 5.51. The van der Waals surface area contributed by atoms with Crippen molar-refractivity contribution in [3.05, 3.63) is 34.9 Å². The molecule has 1 rings (SSSR count). The molecule has 0 bridgehead atoms. The van der Waals surface area contributed by atoms with Crippen molar-refractivity contribution in [2.75, 3.05) is 5.75 Å². The minimum atomic E-state index is -2.97. The van der Waals surface area contributed by atoms with Gasteiger partial charge in [-0.2, -0.15) is 0 Å². The molecular weight excluding hydrogens is 260 g/mol. The molecule has 0 aromatic heterocycles. The number of carbonyl (C=O) groups is 1. The lowest BCUT2D eigenvalue weighted by Gasteiger charge is -2.09. The van der Waals surface area contributed by atoms with E-state index in [0.29, 0.717) is 6.42 Å². The second-order valence-electron chi connectivity index (χ2n) is 5.16. The molecule has 0 saturated heterocycles. The molecule has 0 aliphatic carbocycles. The topological polar surface area (TPSA) is 51.2 Å². The van der Waals surface area contributed by atoms with Crippen LogP contribution in [0.25, 0.3) is 0 Å². The summed E-state index contributed by atoms with van der Waals surface area (Å²) in [6, 6.07) is 0. The van der Waals surface area contributed by atoms with Gasteiger partial charge in [-0.25, -0.2) is 8.42 Å². The number of hydrogen-bond donors (Lipinski definition) is 0. The lowest BCUT2D eigenvalue weighted by atomic mass is 10.1. The summed E-state index contributed by atoms with van der Waals surface area (Å²) in [7, 11) is -2.97. The molecule has 0 N–H and O–H groups in total. The highest BCUT2D eigenvalue weighted by Gasteiger charge is 2.30. The predicted octanol–water partition coefficient (Wildman–Crippen LogP) is 2.99. The Bertz CT molecular complexity index is 522. The van der Waals surface area contributed by atoms with Crippen LogP contribution in [0.2, 0.25) is 0 Å². The summed E-state index contributed by atoms with van der Waals surface area (Å²) in [6.45, 7) is 5.67. The van der Waals surface area contributed by atoms with Crippen LogP contribution in [-0.2, 0) is 14.6 Å². The number of hydrogen-bond acceptors (Lipinski definition) is 3. The molecule has 106 valence electrons. The highest BCUT2D eigenvalue weighted by Crippen LogP contribution is 2.24. The van der Waals surface area contributed by atoms with Gasteiger partial charge >= 0.3 is 0 Å². The first-order valence-corrected chi connectivity index (χ1v) is 8.24. The predicted molar refractivity (Wildman–Crippen MR) is 78.8 cm³/mol. The highest BCUT2D eigenvalue weighted by molar-refractivity contribution is 7.92. The third kappa shape index (κ3) is 4.78.